The van der Waals surface area contributed by atoms with Crippen molar-refractivity contribution in [3.63, 3.8) is 0 Å². The number of benzene rings is 1. The summed E-state index contributed by atoms with van der Waals surface area (Å²) in [5, 5.41) is 9.86. The average molecular weight is 326 g/mol. The summed E-state index contributed by atoms with van der Waals surface area (Å²) >= 11 is 6.29. The largest absolute Gasteiger partial charge is 0.489 e. The van der Waals surface area contributed by atoms with E-state index < -0.39 is 11.4 Å². The predicted octanol–water partition coefficient (Wildman–Crippen LogP) is 2.80. The quantitative estimate of drug-likeness (QED) is 0.926. The number of rotatable bonds is 3. The molecular weight excluding hydrogens is 306 g/mol. The summed E-state index contributed by atoms with van der Waals surface area (Å²) in [5.74, 6) is 0.562. The molecule has 5 nitrogen and oxygen atoms in total. The van der Waals surface area contributed by atoms with Gasteiger partial charge in [0.15, 0.2) is 11.5 Å². The van der Waals surface area contributed by atoms with Crippen molar-refractivity contribution in [3.05, 3.63) is 22.7 Å². The molecular formula is C16H20ClNO4. The molecule has 120 valence electrons. The zero-order valence-electron chi connectivity index (χ0n) is 12.6. The topological polar surface area (TPSA) is 59.0 Å². The number of nitrogens with zero attached hydrogens (tertiary/aromatic N) is 1. The van der Waals surface area contributed by atoms with Crippen LogP contribution in [0.1, 0.15) is 25.3 Å². The van der Waals surface area contributed by atoms with Gasteiger partial charge in [0, 0.05) is 19.5 Å². The number of likely N-dealkylation sites (tertiary alicyclic amines) is 1. The summed E-state index contributed by atoms with van der Waals surface area (Å²) in [6.07, 6.45) is 1.50. The van der Waals surface area contributed by atoms with Crippen LogP contribution in [-0.2, 0) is 11.3 Å². The number of carboxylic acid groups (broad SMARTS) is 1. The first-order valence-corrected chi connectivity index (χ1v) is 7.89. The molecule has 0 bridgehead atoms. The average Bonchev–Trinajstić information content (AvgIpc) is 2.70. The van der Waals surface area contributed by atoms with Gasteiger partial charge < -0.3 is 14.6 Å². The van der Waals surface area contributed by atoms with Crippen LogP contribution in [0, 0.1) is 5.41 Å². The Morgan fingerprint density at radius 1 is 1.41 bits per heavy atom. The van der Waals surface area contributed by atoms with E-state index in [1.54, 1.807) is 6.92 Å². The molecule has 2 aliphatic heterocycles. The van der Waals surface area contributed by atoms with E-state index >= 15 is 0 Å². The SMILES string of the molecule is CC1(C(=O)O)CCN(Cc2cc(Cl)c3c(c2)OCCCO3)C1. The Balaban J connectivity index is 1.75. The second kappa shape index (κ2) is 5.97. The molecule has 0 spiro atoms. The third kappa shape index (κ3) is 3.01. The first-order chi connectivity index (χ1) is 10.5. The van der Waals surface area contributed by atoms with Crippen molar-refractivity contribution in [1.29, 1.82) is 0 Å². The minimum Gasteiger partial charge on any atom is -0.489 e. The van der Waals surface area contributed by atoms with Crippen LogP contribution in [0.2, 0.25) is 5.02 Å². The standard InChI is InChI=1S/C16H20ClNO4/c1-16(15(19)20)3-4-18(10-16)9-11-7-12(17)14-13(8-11)21-5-2-6-22-14/h7-8H,2-6,9-10H2,1H3,(H,19,20). The molecule has 1 saturated heterocycles. The lowest BCUT2D eigenvalue weighted by Crippen LogP contribution is -2.31. The maximum Gasteiger partial charge on any atom is 0.310 e. The lowest BCUT2D eigenvalue weighted by atomic mass is 9.90. The fourth-order valence-corrected chi connectivity index (χ4v) is 3.29. The normalized spacial score (nSPS) is 25.0. The van der Waals surface area contributed by atoms with Gasteiger partial charge in [-0.15, -0.1) is 0 Å². The van der Waals surface area contributed by atoms with Crippen molar-refractivity contribution in [2.24, 2.45) is 5.41 Å². The Morgan fingerprint density at radius 2 is 2.18 bits per heavy atom. The number of hydrogen-bond donors (Lipinski definition) is 1. The number of carboxylic acids is 1. The first kappa shape index (κ1) is 15.4. The molecule has 22 heavy (non-hydrogen) atoms. The smallest absolute Gasteiger partial charge is 0.310 e. The van der Waals surface area contributed by atoms with Gasteiger partial charge in [-0.2, -0.15) is 0 Å². The first-order valence-electron chi connectivity index (χ1n) is 7.52. The summed E-state index contributed by atoms with van der Waals surface area (Å²) < 4.78 is 11.3. The second-order valence-corrected chi connectivity index (χ2v) is 6.69. The third-order valence-electron chi connectivity index (χ3n) is 4.34. The van der Waals surface area contributed by atoms with Gasteiger partial charge in [-0.3, -0.25) is 9.69 Å². The number of carbonyl (C=O) groups is 1. The van der Waals surface area contributed by atoms with Gasteiger partial charge in [0.05, 0.1) is 23.7 Å². The van der Waals surface area contributed by atoms with Crippen molar-refractivity contribution in [2.45, 2.75) is 26.3 Å². The Hall–Kier alpha value is -1.46. The van der Waals surface area contributed by atoms with E-state index in [2.05, 4.69) is 4.90 Å². The van der Waals surface area contributed by atoms with Crippen LogP contribution in [0.4, 0.5) is 0 Å². The van der Waals surface area contributed by atoms with Gasteiger partial charge in [0.2, 0.25) is 0 Å². The molecule has 0 radical (unpaired) electrons. The van der Waals surface area contributed by atoms with Crippen LogP contribution in [-0.4, -0.2) is 42.3 Å². The minimum atomic E-state index is -0.730. The monoisotopic (exact) mass is 325 g/mol. The summed E-state index contributed by atoms with van der Waals surface area (Å²) in [5.41, 5.74) is 0.360. The van der Waals surface area contributed by atoms with Gasteiger partial charge in [0.25, 0.3) is 0 Å². The third-order valence-corrected chi connectivity index (χ3v) is 4.62. The van der Waals surface area contributed by atoms with Crippen molar-refractivity contribution in [1.82, 2.24) is 4.90 Å². The number of fused-ring (bicyclic) bond motifs is 1. The molecule has 0 aromatic heterocycles. The molecule has 1 N–H and O–H groups in total. The molecule has 1 aromatic rings. The van der Waals surface area contributed by atoms with E-state index in [0.717, 1.165) is 18.5 Å². The number of halogens is 1. The highest BCUT2D eigenvalue weighted by atomic mass is 35.5. The fourth-order valence-electron chi connectivity index (χ4n) is 3.00. The highest BCUT2D eigenvalue weighted by Crippen LogP contribution is 2.39. The molecule has 1 unspecified atom stereocenters. The fraction of sp³-hybridized carbons (Fsp3) is 0.562. The lowest BCUT2D eigenvalue weighted by Gasteiger charge is -2.20. The zero-order valence-corrected chi connectivity index (χ0v) is 13.4. The van der Waals surface area contributed by atoms with E-state index in [-0.39, 0.29) is 0 Å². The van der Waals surface area contributed by atoms with Crippen LogP contribution in [0.25, 0.3) is 0 Å². The highest BCUT2D eigenvalue weighted by molar-refractivity contribution is 6.32. The number of ether oxygens (including phenoxy) is 2. The van der Waals surface area contributed by atoms with E-state index in [0.29, 0.717) is 49.2 Å². The zero-order chi connectivity index (χ0) is 15.7. The van der Waals surface area contributed by atoms with Gasteiger partial charge in [-0.25, -0.2) is 0 Å². The molecule has 1 atom stereocenters. The maximum absolute atomic E-state index is 11.3. The van der Waals surface area contributed by atoms with Crippen LogP contribution < -0.4 is 9.47 Å². The molecule has 3 rings (SSSR count). The van der Waals surface area contributed by atoms with Gasteiger partial charge >= 0.3 is 5.97 Å². The molecule has 0 saturated carbocycles. The van der Waals surface area contributed by atoms with Crippen LogP contribution in [0.15, 0.2) is 12.1 Å². The molecule has 1 fully saturated rings. The lowest BCUT2D eigenvalue weighted by molar-refractivity contribution is -0.147. The van der Waals surface area contributed by atoms with E-state index in [1.807, 2.05) is 12.1 Å². The van der Waals surface area contributed by atoms with Crippen LogP contribution in [0.5, 0.6) is 11.5 Å². The van der Waals surface area contributed by atoms with Crippen molar-refractivity contribution < 1.29 is 19.4 Å². The van der Waals surface area contributed by atoms with E-state index in [4.69, 9.17) is 21.1 Å². The molecule has 0 aliphatic carbocycles. The van der Waals surface area contributed by atoms with Gasteiger partial charge in [-0.1, -0.05) is 11.6 Å². The molecule has 2 heterocycles. The van der Waals surface area contributed by atoms with Crippen LogP contribution >= 0.6 is 11.6 Å². The summed E-state index contributed by atoms with van der Waals surface area (Å²) in [6.45, 7) is 5.02. The van der Waals surface area contributed by atoms with Crippen molar-refractivity contribution in [3.8, 4) is 11.5 Å². The molecule has 0 amide bonds. The Labute approximate surface area is 134 Å². The summed E-state index contributed by atoms with van der Waals surface area (Å²) in [4.78, 5) is 13.5. The second-order valence-electron chi connectivity index (χ2n) is 6.28. The maximum atomic E-state index is 11.3. The number of hydrogen-bond acceptors (Lipinski definition) is 4. The minimum absolute atomic E-state index is 0.550. The van der Waals surface area contributed by atoms with E-state index in [1.165, 1.54) is 0 Å². The summed E-state index contributed by atoms with van der Waals surface area (Å²) in [7, 11) is 0. The van der Waals surface area contributed by atoms with E-state index in [9.17, 15) is 9.90 Å². The molecule has 6 heteroatoms. The molecule has 2 aliphatic rings. The Bertz CT molecular complexity index is 592. The summed E-state index contributed by atoms with van der Waals surface area (Å²) in [6, 6.07) is 3.83. The predicted molar refractivity (Wildman–Crippen MR) is 82.7 cm³/mol. The van der Waals surface area contributed by atoms with Crippen LogP contribution in [0.3, 0.4) is 0 Å². The highest BCUT2D eigenvalue weighted by Gasteiger charge is 2.40. The van der Waals surface area contributed by atoms with Gasteiger partial charge in [-0.05, 0) is 37.6 Å². The van der Waals surface area contributed by atoms with Crippen molar-refractivity contribution >= 4 is 17.6 Å². The Morgan fingerprint density at radius 3 is 2.91 bits per heavy atom. The number of aliphatic carboxylic acids is 1. The van der Waals surface area contributed by atoms with Gasteiger partial charge in [0.1, 0.15) is 0 Å². The van der Waals surface area contributed by atoms with Crippen molar-refractivity contribution in [2.75, 3.05) is 26.3 Å². The molecule has 1 aromatic carbocycles. The Kier molecular flexibility index (Phi) is 4.19.